The molecule has 0 N–H and O–H groups in total. The van der Waals surface area contributed by atoms with Gasteiger partial charge in [-0.25, -0.2) is 14.0 Å². The molecule has 1 saturated heterocycles. The number of hydrogen-bond acceptors (Lipinski definition) is 8. The van der Waals surface area contributed by atoms with Gasteiger partial charge in [0.05, 0.1) is 33.0 Å². The first kappa shape index (κ1) is 31.4. The van der Waals surface area contributed by atoms with Crippen LogP contribution in [0, 0.1) is 11.6 Å². The van der Waals surface area contributed by atoms with E-state index in [0.717, 1.165) is 50.7 Å². The molecule has 10 heteroatoms. The van der Waals surface area contributed by atoms with Crippen LogP contribution in [-0.4, -0.2) is 57.7 Å². The molecule has 8 nitrogen and oxygen atoms in total. The third-order valence-electron chi connectivity index (χ3n) is 5.71. The summed E-state index contributed by atoms with van der Waals surface area (Å²) in [5.41, 5.74) is -0.0282. The van der Waals surface area contributed by atoms with Crippen molar-refractivity contribution in [3.8, 4) is 5.75 Å². The van der Waals surface area contributed by atoms with E-state index in [0.29, 0.717) is 32.7 Å². The van der Waals surface area contributed by atoms with E-state index in [2.05, 4.69) is 13.2 Å². The number of carbonyl (C=O) groups excluding carboxylic acids is 2. The Kier molecular flexibility index (Phi) is 15.2. The molecule has 212 valence electrons. The van der Waals surface area contributed by atoms with E-state index in [1.54, 1.807) is 0 Å². The van der Waals surface area contributed by atoms with E-state index in [9.17, 15) is 18.4 Å². The van der Waals surface area contributed by atoms with E-state index in [4.69, 9.17) is 28.4 Å². The number of halogens is 2. The molecule has 0 amide bonds. The molecule has 1 aliphatic rings. The highest BCUT2D eigenvalue weighted by molar-refractivity contribution is 5.81. The molecule has 0 spiro atoms. The van der Waals surface area contributed by atoms with Gasteiger partial charge in [-0.15, -0.1) is 0 Å². The Bertz CT molecular complexity index is 884. The number of ether oxygens (including phenoxy) is 6. The van der Waals surface area contributed by atoms with Crippen molar-refractivity contribution in [2.45, 2.75) is 63.8 Å². The summed E-state index contributed by atoms with van der Waals surface area (Å²) in [6.07, 6.45) is 7.38. The monoisotopic (exact) mass is 540 g/mol. The maximum Gasteiger partial charge on any atom is 0.330 e. The summed E-state index contributed by atoms with van der Waals surface area (Å²) >= 11 is 0. The fraction of sp³-hybridized carbons (Fsp3) is 0.571. The Labute approximate surface area is 222 Å². The fourth-order valence-electron chi connectivity index (χ4n) is 3.61. The van der Waals surface area contributed by atoms with Gasteiger partial charge in [0.1, 0.15) is 6.10 Å². The van der Waals surface area contributed by atoms with Crippen LogP contribution < -0.4 is 4.74 Å². The van der Waals surface area contributed by atoms with Crippen molar-refractivity contribution in [3.05, 3.63) is 54.6 Å². The minimum absolute atomic E-state index is 0.0282. The highest BCUT2D eigenvalue weighted by atomic mass is 19.2. The highest BCUT2D eigenvalue weighted by Crippen LogP contribution is 2.31. The molecule has 2 rings (SSSR count). The topological polar surface area (TPSA) is 89.5 Å². The van der Waals surface area contributed by atoms with Crippen molar-refractivity contribution >= 4 is 11.9 Å². The third kappa shape index (κ3) is 11.7. The average Bonchev–Trinajstić information content (AvgIpc) is 2.93. The standard InChI is InChI=1S/C28H38F2O8/c1-3-24(31)35-17-11-7-5-9-15-33-21-19-37-28(38-20-21)22-13-14-23(27(30)26(22)29)34-16-10-6-8-12-18-36-25(32)4-2/h3-4,13-14,21,28H,1-2,5-12,15-20H2. The summed E-state index contributed by atoms with van der Waals surface area (Å²) in [5, 5.41) is 0. The summed E-state index contributed by atoms with van der Waals surface area (Å²) in [4.78, 5) is 21.9. The molecule has 0 bridgehead atoms. The number of hydrogen-bond donors (Lipinski definition) is 0. The summed E-state index contributed by atoms with van der Waals surface area (Å²) in [7, 11) is 0. The number of rotatable bonds is 19. The Hall–Kier alpha value is -2.82. The number of esters is 2. The van der Waals surface area contributed by atoms with Gasteiger partial charge in [0, 0.05) is 24.3 Å². The second-order valence-electron chi connectivity index (χ2n) is 8.69. The van der Waals surface area contributed by atoms with E-state index in [-0.39, 0.29) is 37.2 Å². The minimum Gasteiger partial charge on any atom is -0.490 e. The number of benzene rings is 1. The molecule has 0 saturated carbocycles. The molecule has 0 radical (unpaired) electrons. The molecular formula is C28H38F2O8. The number of unbranched alkanes of at least 4 members (excludes halogenated alkanes) is 6. The van der Waals surface area contributed by atoms with Gasteiger partial charge in [-0.05, 0) is 57.1 Å². The second kappa shape index (κ2) is 18.4. The first-order valence-electron chi connectivity index (χ1n) is 13.0. The van der Waals surface area contributed by atoms with E-state index in [1.165, 1.54) is 12.1 Å². The van der Waals surface area contributed by atoms with Crippen molar-refractivity contribution < 1.29 is 46.8 Å². The summed E-state index contributed by atoms with van der Waals surface area (Å²) in [6.45, 7) is 8.53. The van der Waals surface area contributed by atoms with E-state index in [1.807, 2.05) is 0 Å². The predicted octanol–water partition coefficient (Wildman–Crippen LogP) is 5.35. The van der Waals surface area contributed by atoms with Gasteiger partial charge in [0.15, 0.2) is 17.9 Å². The maximum atomic E-state index is 14.7. The molecule has 1 fully saturated rings. The molecule has 0 atom stereocenters. The Balaban J connectivity index is 1.60. The van der Waals surface area contributed by atoms with Crippen molar-refractivity contribution in [1.82, 2.24) is 0 Å². The predicted molar refractivity (Wildman–Crippen MR) is 135 cm³/mol. The van der Waals surface area contributed by atoms with Crippen LogP contribution in [0.3, 0.4) is 0 Å². The largest absolute Gasteiger partial charge is 0.490 e. The lowest BCUT2D eigenvalue weighted by atomic mass is 10.1. The van der Waals surface area contributed by atoms with Gasteiger partial charge in [-0.1, -0.05) is 19.6 Å². The summed E-state index contributed by atoms with van der Waals surface area (Å²) < 4.78 is 61.3. The Morgan fingerprint density at radius 3 is 1.87 bits per heavy atom. The normalized spacial score (nSPS) is 17.0. The minimum atomic E-state index is -1.08. The average molecular weight is 541 g/mol. The van der Waals surface area contributed by atoms with Gasteiger partial charge in [-0.2, -0.15) is 4.39 Å². The summed E-state index contributed by atoms with van der Waals surface area (Å²) in [5.74, 6) is -3.17. The lowest BCUT2D eigenvalue weighted by Crippen LogP contribution is -2.34. The zero-order valence-electron chi connectivity index (χ0n) is 21.8. The quantitative estimate of drug-likeness (QED) is 0.132. The van der Waals surface area contributed by atoms with Crippen LogP contribution in [0.2, 0.25) is 0 Å². The van der Waals surface area contributed by atoms with Crippen LogP contribution in [0.1, 0.15) is 63.2 Å². The van der Waals surface area contributed by atoms with Crippen LogP contribution in [0.15, 0.2) is 37.4 Å². The molecule has 1 aliphatic heterocycles. The van der Waals surface area contributed by atoms with Crippen molar-refractivity contribution in [2.24, 2.45) is 0 Å². The molecule has 1 aromatic carbocycles. The first-order valence-corrected chi connectivity index (χ1v) is 13.0. The second-order valence-corrected chi connectivity index (χ2v) is 8.69. The molecule has 0 aromatic heterocycles. The fourth-order valence-corrected chi connectivity index (χ4v) is 3.61. The Morgan fingerprint density at radius 1 is 0.789 bits per heavy atom. The van der Waals surface area contributed by atoms with Gasteiger partial charge >= 0.3 is 11.9 Å². The van der Waals surface area contributed by atoms with Crippen LogP contribution in [-0.2, 0) is 33.3 Å². The highest BCUT2D eigenvalue weighted by Gasteiger charge is 2.28. The zero-order valence-corrected chi connectivity index (χ0v) is 21.8. The Morgan fingerprint density at radius 2 is 1.32 bits per heavy atom. The van der Waals surface area contributed by atoms with Crippen LogP contribution in [0.25, 0.3) is 0 Å². The molecule has 1 heterocycles. The van der Waals surface area contributed by atoms with E-state index < -0.39 is 29.9 Å². The van der Waals surface area contributed by atoms with Gasteiger partial charge in [0.25, 0.3) is 0 Å². The molecule has 0 unspecified atom stereocenters. The summed E-state index contributed by atoms with van der Waals surface area (Å²) in [6, 6.07) is 2.77. The van der Waals surface area contributed by atoms with Gasteiger partial charge in [-0.3, -0.25) is 0 Å². The number of carbonyl (C=O) groups is 2. The van der Waals surface area contributed by atoms with Crippen molar-refractivity contribution in [3.63, 3.8) is 0 Å². The molecule has 0 aliphatic carbocycles. The smallest absolute Gasteiger partial charge is 0.330 e. The van der Waals surface area contributed by atoms with Crippen molar-refractivity contribution in [2.75, 3.05) is 39.6 Å². The van der Waals surface area contributed by atoms with Gasteiger partial charge < -0.3 is 28.4 Å². The lowest BCUT2D eigenvalue weighted by Gasteiger charge is -2.30. The van der Waals surface area contributed by atoms with Crippen LogP contribution in [0.4, 0.5) is 8.78 Å². The van der Waals surface area contributed by atoms with Gasteiger partial charge in [0.2, 0.25) is 5.82 Å². The van der Waals surface area contributed by atoms with E-state index >= 15 is 0 Å². The van der Waals surface area contributed by atoms with Crippen LogP contribution >= 0.6 is 0 Å². The maximum absolute atomic E-state index is 14.7. The zero-order chi connectivity index (χ0) is 27.6. The molecule has 38 heavy (non-hydrogen) atoms. The van der Waals surface area contributed by atoms with Crippen LogP contribution in [0.5, 0.6) is 5.75 Å². The molecular weight excluding hydrogens is 502 g/mol. The third-order valence-corrected chi connectivity index (χ3v) is 5.71. The lowest BCUT2D eigenvalue weighted by molar-refractivity contribution is -0.231. The van der Waals surface area contributed by atoms with Crippen molar-refractivity contribution in [1.29, 1.82) is 0 Å². The molecule has 1 aromatic rings. The SMILES string of the molecule is C=CC(=O)OCCCCCCOc1ccc(C2OCC(OCCCCCCOC(=O)C=C)CO2)c(F)c1F. The first-order chi connectivity index (χ1) is 18.5.